The van der Waals surface area contributed by atoms with Crippen molar-refractivity contribution in [2.75, 3.05) is 45.2 Å². The van der Waals surface area contributed by atoms with Gasteiger partial charge in [-0.15, -0.1) is 0 Å². The Balaban J connectivity index is 1.63. The number of benzene rings is 1. The molecule has 0 N–H and O–H groups in total. The number of hydrogen-bond acceptors (Lipinski definition) is 3. The number of anilines is 1. The topological polar surface area (TPSA) is 48.8 Å². The van der Waals surface area contributed by atoms with Crippen molar-refractivity contribution in [2.45, 2.75) is 13.8 Å². The van der Waals surface area contributed by atoms with Crippen LogP contribution in [-0.4, -0.2) is 66.5 Å². The first-order chi connectivity index (χ1) is 12.8. The Hall–Kier alpha value is -2.76. The van der Waals surface area contributed by atoms with Crippen LogP contribution >= 0.6 is 0 Å². The second kappa shape index (κ2) is 7.47. The van der Waals surface area contributed by atoms with Crippen molar-refractivity contribution < 1.29 is 9.59 Å². The van der Waals surface area contributed by atoms with E-state index in [1.54, 1.807) is 0 Å². The maximum atomic E-state index is 12.8. The van der Waals surface area contributed by atoms with Crippen LogP contribution in [0.2, 0.25) is 0 Å². The van der Waals surface area contributed by atoms with Crippen molar-refractivity contribution in [3.63, 3.8) is 0 Å². The van der Waals surface area contributed by atoms with E-state index in [0.29, 0.717) is 31.7 Å². The van der Waals surface area contributed by atoms with Crippen LogP contribution in [0.25, 0.3) is 0 Å². The second-order valence-corrected chi connectivity index (χ2v) is 7.37. The summed E-state index contributed by atoms with van der Waals surface area (Å²) in [6.07, 6.45) is 0. The van der Waals surface area contributed by atoms with Gasteiger partial charge in [-0.2, -0.15) is 0 Å². The molecule has 6 nitrogen and oxygen atoms in total. The van der Waals surface area contributed by atoms with E-state index in [0.717, 1.165) is 22.6 Å². The predicted octanol–water partition coefficient (Wildman–Crippen LogP) is 2.31. The molecule has 0 unspecified atom stereocenters. The zero-order valence-corrected chi connectivity index (χ0v) is 16.8. The van der Waals surface area contributed by atoms with Gasteiger partial charge in [-0.25, -0.2) is 0 Å². The van der Waals surface area contributed by atoms with Crippen LogP contribution in [0.5, 0.6) is 0 Å². The highest BCUT2D eigenvalue weighted by Gasteiger charge is 2.27. The molecule has 0 saturated carbocycles. The molecule has 2 heterocycles. The van der Waals surface area contributed by atoms with Gasteiger partial charge < -0.3 is 19.3 Å². The number of hydrogen-bond donors (Lipinski definition) is 0. The van der Waals surface area contributed by atoms with E-state index in [2.05, 4.69) is 0 Å². The lowest BCUT2D eigenvalue weighted by Crippen LogP contribution is -2.50. The molecule has 1 aromatic heterocycles. The fourth-order valence-corrected chi connectivity index (χ4v) is 3.44. The largest absolute Gasteiger partial charge is 0.378 e. The first-order valence-electron chi connectivity index (χ1n) is 9.28. The molecule has 1 aromatic carbocycles. The summed E-state index contributed by atoms with van der Waals surface area (Å²) < 4.78 is 2.03. The third kappa shape index (κ3) is 3.70. The van der Waals surface area contributed by atoms with Crippen LogP contribution in [0.3, 0.4) is 0 Å². The van der Waals surface area contributed by atoms with Crippen LogP contribution in [-0.2, 0) is 7.05 Å². The number of nitrogens with zero attached hydrogens (tertiary/aromatic N) is 4. The number of amides is 2. The predicted molar refractivity (Wildman–Crippen MR) is 107 cm³/mol. The van der Waals surface area contributed by atoms with Crippen molar-refractivity contribution in [1.29, 1.82) is 0 Å². The van der Waals surface area contributed by atoms with E-state index in [9.17, 15) is 9.59 Å². The Kier molecular flexibility index (Phi) is 5.26. The maximum Gasteiger partial charge on any atom is 0.255 e. The fourth-order valence-electron chi connectivity index (χ4n) is 3.44. The van der Waals surface area contributed by atoms with Gasteiger partial charge in [-0.1, -0.05) is 0 Å². The number of carbonyl (C=O) groups is 2. The molecule has 0 bridgehead atoms. The highest BCUT2D eigenvalue weighted by molar-refractivity contribution is 5.97. The Morgan fingerprint density at radius 3 is 1.85 bits per heavy atom. The molecule has 1 fully saturated rings. The fraction of sp³-hybridized carbons (Fsp3) is 0.429. The lowest BCUT2D eigenvalue weighted by molar-refractivity contribution is 0.0535. The average molecular weight is 368 g/mol. The van der Waals surface area contributed by atoms with Gasteiger partial charge in [0, 0.05) is 70.0 Å². The summed E-state index contributed by atoms with van der Waals surface area (Å²) >= 11 is 0. The van der Waals surface area contributed by atoms with Gasteiger partial charge in [0.15, 0.2) is 0 Å². The van der Waals surface area contributed by atoms with Crippen molar-refractivity contribution in [2.24, 2.45) is 7.05 Å². The first kappa shape index (κ1) is 19.0. The van der Waals surface area contributed by atoms with Crippen molar-refractivity contribution in [3.05, 3.63) is 52.8 Å². The Morgan fingerprint density at radius 2 is 1.41 bits per heavy atom. The van der Waals surface area contributed by atoms with Crippen LogP contribution in [0.1, 0.15) is 32.1 Å². The quantitative estimate of drug-likeness (QED) is 0.835. The molecule has 1 aliphatic heterocycles. The Labute approximate surface area is 161 Å². The van der Waals surface area contributed by atoms with Gasteiger partial charge >= 0.3 is 0 Å². The summed E-state index contributed by atoms with van der Waals surface area (Å²) in [7, 11) is 5.92. The minimum atomic E-state index is 0.0270. The maximum absolute atomic E-state index is 12.8. The van der Waals surface area contributed by atoms with E-state index in [1.165, 1.54) is 0 Å². The molecule has 1 aliphatic rings. The van der Waals surface area contributed by atoms with Crippen molar-refractivity contribution in [3.8, 4) is 0 Å². The van der Waals surface area contributed by atoms with Gasteiger partial charge in [0.2, 0.25) is 0 Å². The van der Waals surface area contributed by atoms with Gasteiger partial charge in [-0.05, 0) is 44.2 Å². The number of piperazine rings is 1. The van der Waals surface area contributed by atoms with E-state index in [1.807, 2.05) is 84.6 Å². The van der Waals surface area contributed by atoms with E-state index < -0.39 is 0 Å². The Morgan fingerprint density at radius 1 is 0.889 bits per heavy atom. The molecule has 27 heavy (non-hydrogen) atoms. The molecular weight excluding hydrogens is 340 g/mol. The molecule has 0 atom stereocenters. The molecule has 1 saturated heterocycles. The van der Waals surface area contributed by atoms with Crippen LogP contribution < -0.4 is 4.90 Å². The molecule has 0 aliphatic carbocycles. The monoisotopic (exact) mass is 368 g/mol. The lowest BCUT2D eigenvalue weighted by atomic mass is 10.1. The third-order valence-electron chi connectivity index (χ3n) is 5.49. The smallest absolute Gasteiger partial charge is 0.255 e. The molecule has 2 aromatic rings. The van der Waals surface area contributed by atoms with E-state index >= 15 is 0 Å². The second-order valence-electron chi connectivity index (χ2n) is 7.37. The molecule has 144 valence electrons. The zero-order chi connectivity index (χ0) is 19.7. The third-order valence-corrected chi connectivity index (χ3v) is 5.49. The number of aryl methyl sites for hydroxylation is 1. The SMILES string of the molecule is Cc1cc(C(=O)N2CCN(C(=O)c3ccc(N(C)C)cc3)CC2)c(C)n1C. The molecule has 2 amide bonds. The summed E-state index contributed by atoms with van der Waals surface area (Å²) in [4.78, 5) is 31.3. The van der Waals surface area contributed by atoms with Gasteiger partial charge in [0.25, 0.3) is 11.8 Å². The van der Waals surface area contributed by atoms with Crippen molar-refractivity contribution >= 4 is 17.5 Å². The lowest BCUT2D eigenvalue weighted by Gasteiger charge is -2.35. The van der Waals surface area contributed by atoms with Crippen LogP contribution in [0, 0.1) is 13.8 Å². The first-order valence-corrected chi connectivity index (χ1v) is 9.28. The minimum absolute atomic E-state index is 0.0270. The van der Waals surface area contributed by atoms with Crippen molar-refractivity contribution in [1.82, 2.24) is 14.4 Å². The summed E-state index contributed by atoms with van der Waals surface area (Å²) in [6.45, 7) is 6.22. The molecule has 6 heteroatoms. The van der Waals surface area contributed by atoms with Gasteiger partial charge in [0.1, 0.15) is 0 Å². The number of rotatable bonds is 3. The Bertz CT molecular complexity index is 844. The number of carbonyl (C=O) groups excluding carboxylic acids is 2. The highest BCUT2D eigenvalue weighted by atomic mass is 16.2. The molecule has 0 spiro atoms. The van der Waals surface area contributed by atoms with Gasteiger partial charge in [-0.3, -0.25) is 9.59 Å². The highest BCUT2D eigenvalue weighted by Crippen LogP contribution is 2.18. The van der Waals surface area contributed by atoms with E-state index in [4.69, 9.17) is 0 Å². The molecular formula is C21H28N4O2. The van der Waals surface area contributed by atoms with Gasteiger partial charge in [0.05, 0.1) is 5.56 Å². The van der Waals surface area contributed by atoms with Crippen LogP contribution in [0.15, 0.2) is 30.3 Å². The average Bonchev–Trinajstić information content (AvgIpc) is 2.94. The summed E-state index contributed by atoms with van der Waals surface area (Å²) in [5.41, 5.74) is 4.57. The molecule has 0 radical (unpaired) electrons. The number of aromatic nitrogens is 1. The summed E-state index contributed by atoms with van der Waals surface area (Å²) in [5.74, 6) is 0.0813. The summed E-state index contributed by atoms with van der Waals surface area (Å²) in [5, 5.41) is 0. The zero-order valence-electron chi connectivity index (χ0n) is 16.8. The van der Waals surface area contributed by atoms with E-state index in [-0.39, 0.29) is 11.8 Å². The molecule has 3 rings (SSSR count). The summed E-state index contributed by atoms with van der Waals surface area (Å²) in [6, 6.07) is 9.58. The standard InChI is InChI=1S/C21H28N4O2/c1-15-14-19(16(2)23(15)5)21(27)25-12-10-24(11-13-25)20(26)17-6-8-18(9-7-17)22(3)4/h6-9,14H,10-13H2,1-5H3. The normalized spacial score (nSPS) is 14.4. The minimum Gasteiger partial charge on any atom is -0.378 e. The van der Waals surface area contributed by atoms with Crippen LogP contribution in [0.4, 0.5) is 5.69 Å².